The summed E-state index contributed by atoms with van der Waals surface area (Å²) >= 11 is 0. The van der Waals surface area contributed by atoms with Crippen LogP contribution in [0.1, 0.15) is 22.8 Å². The molecule has 0 N–H and O–H groups in total. The first-order chi connectivity index (χ1) is 11.7. The third-order valence-electron chi connectivity index (χ3n) is 4.09. The number of furan rings is 1. The molecule has 1 fully saturated rings. The number of halogens is 1. The maximum atomic E-state index is 15.2. The molecule has 122 valence electrons. The molecule has 3 aromatic rings. The number of aromatic nitrogens is 2. The molecule has 2 aromatic heterocycles. The van der Waals surface area contributed by atoms with Crippen molar-refractivity contribution in [2.45, 2.75) is 12.1 Å². The van der Waals surface area contributed by atoms with Crippen molar-refractivity contribution in [2.75, 3.05) is 13.1 Å². The van der Waals surface area contributed by atoms with Crippen LogP contribution in [0.25, 0.3) is 11.5 Å². The third kappa shape index (κ3) is 2.47. The van der Waals surface area contributed by atoms with Gasteiger partial charge in [-0.3, -0.25) is 4.79 Å². The van der Waals surface area contributed by atoms with Crippen molar-refractivity contribution in [2.24, 2.45) is 0 Å². The Hall–Kier alpha value is -2.96. The van der Waals surface area contributed by atoms with Gasteiger partial charge in [-0.1, -0.05) is 23.4 Å². The molecule has 1 aliphatic heterocycles. The number of benzene rings is 1. The van der Waals surface area contributed by atoms with Crippen LogP contribution >= 0.6 is 0 Å². The molecule has 1 aliphatic rings. The summed E-state index contributed by atoms with van der Waals surface area (Å²) in [4.78, 5) is 17.8. The first-order valence-electron chi connectivity index (χ1n) is 7.57. The molecule has 0 saturated carbocycles. The smallest absolute Gasteiger partial charge is 0.289 e. The van der Waals surface area contributed by atoms with Crippen molar-refractivity contribution in [3.05, 3.63) is 60.3 Å². The van der Waals surface area contributed by atoms with E-state index in [1.807, 2.05) is 30.3 Å². The van der Waals surface area contributed by atoms with Crippen LogP contribution in [0, 0.1) is 0 Å². The second kappa shape index (κ2) is 5.59. The lowest BCUT2D eigenvalue weighted by Gasteiger charge is -2.17. The summed E-state index contributed by atoms with van der Waals surface area (Å²) in [5.41, 5.74) is -1.10. The summed E-state index contributed by atoms with van der Waals surface area (Å²) < 4.78 is 25.5. The zero-order chi connectivity index (χ0) is 16.6. The summed E-state index contributed by atoms with van der Waals surface area (Å²) in [6.45, 7) is 0.144. The molecule has 0 aliphatic carbocycles. The van der Waals surface area contributed by atoms with Crippen LogP contribution in [-0.4, -0.2) is 34.0 Å². The number of nitrogens with zero attached hydrogens (tertiary/aromatic N) is 3. The highest BCUT2D eigenvalue weighted by atomic mass is 19.1. The first-order valence-corrected chi connectivity index (χ1v) is 7.57. The number of carbonyl (C=O) groups is 1. The van der Waals surface area contributed by atoms with Gasteiger partial charge in [-0.15, -0.1) is 0 Å². The molecule has 1 saturated heterocycles. The van der Waals surface area contributed by atoms with Crippen LogP contribution in [0.2, 0.25) is 0 Å². The van der Waals surface area contributed by atoms with Gasteiger partial charge in [0.1, 0.15) is 0 Å². The quantitative estimate of drug-likeness (QED) is 0.739. The molecule has 6 nitrogen and oxygen atoms in total. The van der Waals surface area contributed by atoms with Gasteiger partial charge < -0.3 is 13.8 Å². The average Bonchev–Trinajstić information content (AvgIpc) is 3.36. The van der Waals surface area contributed by atoms with Crippen LogP contribution < -0.4 is 0 Å². The van der Waals surface area contributed by atoms with Gasteiger partial charge in [-0.25, -0.2) is 4.39 Å². The Labute approximate surface area is 136 Å². The van der Waals surface area contributed by atoms with Crippen molar-refractivity contribution in [1.29, 1.82) is 0 Å². The lowest BCUT2D eigenvalue weighted by atomic mass is 10.1. The van der Waals surface area contributed by atoms with E-state index in [9.17, 15) is 4.79 Å². The number of hydrogen-bond donors (Lipinski definition) is 0. The lowest BCUT2D eigenvalue weighted by molar-refractivity contribution is 0.0712. The molecule has 4 rings (SSSR count). The normalized spacial score (nSPS) is 20.5. The summed E-state index contributed by atoms with van der Waals surface area (Å²) in [7, 11) is 0. The highest BCUT2D eigenvalue weighted by Crippen LogP contribution is 2.36. The minimum Gasteiger partial charge on any atom is -0.459 e. The van der Waals surface area contributed by atoms with Crippen LogP contribution in [0.15, 0.2) is 57.7 Å². The zero-order valence-electron chi connectivity index (χ0n) is 12.7. The Bertz CT molecular complexity index is 847. The molecule has 0 radical (unpaired) electrons. The molecular weight excluding hydrogens is 313 g/mol. The monoisotopic (exact) mass is 327 g/mol. The number of amides is 1. The van der Waals surface area contributed by atoms with Gasteiger partial charge in [0.15, 0.2) is 11.4 Å². The number of hydrogen-bond acceptors (Lipinski definition) is 5. The second-order valence-electron chi connectivity index (χ2n) is 5.71. The minimum absolute atomic E-state index is 0.0314. The molecule has 1 unspecified atom stereocenters. The predicted molar refractivity (Wildman–Crippen MR) is 81.7 cm³/mol. The average molecular weight is 327 g/mol. The summed E-state index contributed by atoms with van der Waals surface area (Å²) in [5, 5.41) is 3.78. The molecule has 7 heteroatoms. The van der Waals surface area contributed by atoms with Crippen molar-refractivity contribution in [3.8, 4) is 11.5 Å². The Morgan fingerprint density at radius 3 is 2.79 bits per heavy atom. The van der Waals surface area contributed by atoms with Gasteiger partial charge in [0.25, 0.3) is 11.8 Å². The molecule has 1 amide bonds. The number of carbonyl (C=O) groups excluding carboxylic acids is 1. The maximum absolute atomic E-state index is 15.2. The Balaban J connectivity index is 1.55. The SMILES string of the molecule is O=C(c1ccco1)N1CCC(F)(c2noc(-c3ccccc3)n2)C1. The van der Waals surface area contributed by atoms with Crippen LogP contribution in [0.3, 0.4) is 0 Å². The van der Waals surface area contributed by atoms with E-state index < -0.39 is 5.67 Å². The maximum Gasteiger partial charge on any atom is 0.289 e. The first kappa shape index (κ1) is 14.6. The fourth-order valence-corrected chi connectivity index (χ4v) is 2.79. The molecule has 0 spiro atoms. The van der Waals surface area contributed by atoms with Crippen molar-refractivity contribution in [3.63, 3.8) is 0 Å². The Morgan fingerprint density at radius 2 is 2.04 bits per heavy atom. The highest BCUT2D eigenvalue weighted by Gasteiger charge is 2.46. The van der Waals surface area contributed by atoms with Gasteiger partial charge in [0.2, 0.25) is 5.82 Å². The summed E-state index contributed by atoms with van der Waals surface area (Å²) in [5.74, 6) is 0.0816. The van der Waals surface area contributed by atoms with E-state index in [-0.39, 0.29) is 42.9 Å². The molecule has 1 atom stereocenters. The Kier molecular flexibility index (Phi) is 3.41. The van der Waals surface area contributed by atoms with Gasteiger partial charge in [-0.2, -0.15) is 4.98 Å². The standard InChI is InChI=1S/C17H14FN3O3/c18-17(8-9-21(11-17)15(22)13-7-4-10-23-13)16-19-14(24-20-16)12-5-2-1-3-6-12/h1-7,10H,8-9,11H2. The molecule has 24 heavy (non-hydrogen) atoms. The van der Waals surface area contributed by atoms with Crippen molar-refractivity contribution in [1.82, 2.24) is 15.0 Å². The zero-order valence-corrected chi connectivity index (χ0v) is 12.7. The van der Waals surface area contributed by atoms with E-state index in [0.717, 1.165) is 5.56 Å². The van der Waals surface area contributed by atoms with Gasteiger partial charge in [0, 0.05) is 18.5 Å². The lowest BCUT2D eigenvalue weighted by Crippen LogP contribution is -2.32. The Morgan fingerprint density at radius 1 is 1.21 bits per heavy atom. The van der Waals surface area contributed by atoms with Crippen LogP contribution in [0.5, 0.6) is 0 Å². The topological polar surface area (TPSA) is 72.4 Å². The number of rotatable bonds is 3. The third-order valence-corrected chi connectivity index (χ3v) is 4.09. The molecule has 0 bridgehead atoms. The van der Waals surface area contributed by atoms with E-state index in [2.05, 4.69) is 10.1 Å². The summed E-state index contributed by atoms with van der Waals surface area (Å²) in [6.07, 6.45) is 1.53. The highest BCUT2D eigenvalue weighted by molar-refractivity contribution is 5.91. The number of likely N-dealkylation sites (tertiary alicyclic amines) is 1. The number of alkyl halides is 1. The van der Waals surface area contributed by atoms with Crippen LogP contribution in [0.4, 0.5) is 4.39 Å². The molecule has 3 heterocycles. The van der Waals surface area contributed by atoms with E-state index in [1.165, 1.54) is 11.2 Å². The molecule has 1 aromatic carbocycles. The van der Waals surface area contributed by atoms with E-state index >= 15 is 4.39 Å². The summed E-state index contributed by atoms with van der Waals surface area (Å²) in [6, 6.07) is 12.3. The fourth-order valence-electron chi connectivity index (χ4n) is 2.79. The second-order valence-corrected chi connectivity index (χ2v) is 5.71. The van der Waals surface area contributed by atoms with Crippen molar-refractivity contribution >= 4 is 5.91 Å². The van der Waals surface area contributed by atoms with E-state index in [1.54, 1.807) is 12.1 Å². The van der Waals surface area contributed by atoms with Gasteiger partial charge in [-0.05, 0) is 24.3 Å². The fraction of sp³-hybridized carbons (Fsp3) is 0.235. The van der Waals surface area contributed by atoms with Gasteiger partial charge >= 0.3 is 0 Å². The minimum atomic E-state index is -1.82. The largest absolute Gasteiger partial charge is 0.459 e. The molecular formula is C17H14FN3O3. The van der Waals surface area contributed by atoms with Gasteiger partial charge in [0.05, 0.1) is 12.8 Å². The van der Waals surface area contributed by atoms with E-state index in [0.29, 0.717) is 0 Å². The van der Waals surface area contributed by atoms with Crippen LogP contribution in [-0.2, 0) is 5.67 Å². The predicted octanol–water partition coefficient (Wildman–Crippen LogP) is 3.04. The van der Waals surface area contributed by atoms with Crippen molar-refractivity contribution < 1.29 is 18.1 Å². The van der Waals surface area contributed by atoms with E-state index in [4.69, 9.17) is 8.94 Å².